The highest BCUT2D eigenvalue weighted by Gasteiger charge is 2.38. The molecule has 20 heavy (non-hydrogen) atoms. The zero-order valence-corrected chi connectivity index (χ0v) is 12.2. The van der Waals surface area contributed by atoms with Gasteiger partial charge in [0, 0.05) is 18.0 Å². The Kier molecular flexibility index (Phi) is 4.40. The average Bonchev–Trinajstić information content (AvgIpc) is 2.85. The van der Waals surface area contributed by atoms with Gasteiger partial charge in [-0.2, -0.15) is 0 Å². The lowest BCUT2D eigenvalue weighted by Gasteiger charge is -2.18. The number of carboxylic acid groups (broad SMARTS) is 1. The maximum Gasteiger partial charge on any atom is 0.407 e. The van der Waals surface area contributed by atoms with Crippen molar-refractivity contribution >= 4 is 35.6 Å². The van der Waals surface area contributed by atoms with Gasteiger partial charge in [-0.15, -0.1) is 0 Å². The second-order valence-corrected chi connectivity index (χ2v) is 5.33. The molecule has 0 aromatic heterocycles. The summed E-state index contributed by atoms with van der Waals surface area (Å²) in [5, 5.41) is 9.82. The van der Waals surface area contributed by atoms with E-state index >= 15 is 0 Å². The molecule has 1 heterocycles. The Morgan fingerprint density at radius 1 is 1.50 bits per heavy atom. The van der Waals surface area contributed by atoms with Gasteiger partial charge in [-0.3, -0.25) is 4.90 Å². The summed E-state index contributed by atoms with van der Waals surface area (Å²) in [6.45, 7) is 0.190. The van der Waals surface area contributed by atoms with Gasteiger partial charge in [0.1, 0.15) is 12.0 Å². The van der Waals surface area contributed by atoms with Crippen molar-refractivity contribution in [2.45, 2.75) is 18.4 Å². The summed E-state index contributed by atoms with van der Waals surface area (Å²) >= 11 is 12.2. The first-order valence-corrected chi connectivity index (χ1v) is 6.72. The van der Waals surface area contributed by atoms with Gasteiger partial charge in [-0.25, -0.2) is 4.79 Å². The van der Waals surface area contributed by atoms with E-state index in [-0.39, 0.29) is 12.5 Å². The molecular formula is C13H13Cl2NO4. The Morgan fingerprint density at radius 3 is 2.70 bits per heavy atom. The molecule has 0 aliphatic carbocycles. The van der Waals surface area contributed by atoms with E-state index in [9.17, 15) is 9.59 Å². The lowest BCUT2D eigenvalue weighted by Crippen LogP contribution is -2.35. The van der Waals surface area contributed by atoms with Gasteiger partial charge in [-0.1, -0.05) is 23.2 Å². The smallest absolute Gasteiger partial charge is 0.407 e. The fourth-order valence-corrected chi connectivity index (χ4v) is 3.01. The summed E-state index contributed by atoms with van der Waals surface area (Å²) in [5.41, 5.74) is 0.650. The molecule has 0 unspecified atom stereocenters. The normalized spacial score (nSPS) is 21.9. The predicted molar refractivity (Wildman–Crippen MR) is 75.0 cm³/mol. The van der Waals surface area contributed by atoms with Crippen LogP contribution in [0.4, 0.5) is 4.79 Å². The number of hydrogen-bond donors (Lipinski definition) is 1. The third kappa shape index (κ3) is 2.55. The zero-order valence-electron chi connectivity index (χ0n) is 10.7. The molecule has 5 nitrogen and oxygen atoms in total. The van der Waals surface area contributed by atoms with Crippen LogP contribution >= 0.6 is 23.2 Å². The number of ether oxygens (including phenoxy) is 1. The monoisotopic (exact) mass is 317 g/mol. The van der Waals surface area contributed by atoms with Gasteiger partial charge in [0.2, 0.25) is 0 Å². The minimum atomic E-state index is -1.12. The van der Waals surface area contributed by atoms with Crippen molar-refractivity contribution in [3.63, 3.8) is 0 Å². The Hall–Kier alpha value is -1.46. The molecule has 0 radical (unpaired) electrons. The van der Waals surface area contributed by atoms with Crippen molar-refractivity contribution in [1.29, 1.82) is 0 Å². The molecule has 2 rings (SSSR count). The highest BCUT2D eigenvalue weighted by Crippen LogP contribution is 2.42. The molecule has 1 fully saturated rings. The number of amides is 1. The van der Waals surface area contributed by atoms with E-state index in [4.69, 9.17) is 33.0 Å². The van der Waals surface area contributed by atoms with Crippen molar-refractivity contribution in [2.75, 3.05) is 13.7 Å². The minimum absolute atomic E-state index is 0.190. The minimum Gasteiger partial charge on any atom is -0.496 e. The second-order valence-electron chi connectivity index (χ2n) is 4.55. The summed E-state index contributed by atoms with van der Waals surface area (Å²) in [5.74, 6) is 0.323. The van der Waals surface area contributed by atoms with Crippen LogP contribution in [0.15, 0.2) is 12.1 Å². The van der Waals surface area contributed by atoms with Crippen LogP contribution in [0.2, 0.25) is 10.0 Å². The van der Waals surface area contributed by atoms with Gasteiger partial charge < -0.3 is 14.6 Å². The number of aldehydes is 1. The van der Waals surface area contributed by atoms with Crippen LogP contribution < -0.4 is 4.74 Å². The third-order valence-corrected chi connectivity index (χ3v) is 4.29. The van der Waals surface area contributed by atoms with E-state index in [1.807, 2.05) is 0 Å². The number of carbonyl (C=O) groups is 2. The fourth-order valence-electron chi connectivity index (χ4n) is 2.53. The Balaban J connectivity index is 2.40. The standard InChI is InChI=1S/C13H13Cl2NO4/c1-20-10-3-2-9(14)12(15)11(10)7-4-8(6-17)16(5-7)13(18)19/h2-3,6-8H,4-5H2,1H3,(H,18,19)/t7-,8-/m0/s1. The molecule has 0 spiro atoms. The molecule has 1 N–H and O–H groups in total. The number of carbonyl (C=O) groups excluding carboxylic acids is 1. The quantitative estimate of drug-likeness (QED) is 0.870. The molecule has 1 aromatic rings. The molecule has 1 aliphatic rings. The maximum atomic E-state index is 11.1. The predicted octanol–water partition coefficient (Wildman–Crippen LogP) is 3.04. The van der Waals surface area contributed by atoms with Gasteiger partial charge in [0.15, 0.2) is 0 Å². The summed E-state index contributed by atoms with van der Waals surface area (Å²) in [6.07, 6.45) is -0.118. The second kappa shape index (κ2) is 5.89. The number of likely N-dealkylation sites (tertiary alicyclic amines) is 1. The number of methoxy groups -OCH3 is 1. The number of nitrogens with zero attached hydrogens (tertiary/aromatic N) is 1. The molecule has 1 saturated heterocycles. The van der Waals surface area contributed by atoms with Crippen molar-refractivity contribution in [3.8, 4) is 5.75 Å². The van der Waals surface area contributed by atoms with Crippen molar-refractivity contribution in [3.05, 3.63) is 27.7 Å². The van der Waals surface area contributed by atoms with Gasteiger partial charge in [0.25, 0.3) is 0 Å². The number of benzene rings is 1. The largest absolute Gasteiger partial charge is 0.496 e. The first kappa shape index (κ1) is 14.9. The van der Waals surface area contributed by atoms with Crippen LogP contribution in [-0.2, 0) is 4.79 Å². The first-order chi connectivity index (χ1) is 9.49. The maximum absolute atomic E-state index is 11.1. The molecule has 7 heteroatoms. The van der Waals surface area contributed by atoms with Crippen LogP contribution in [0.25, 0.3) is 0 Å². The molecule has 1 aromatic carbocycles. The Bertz CT molecular complexity index is 549. The van der Waals surface area contributed by atoms with E-state index in [2.05, 4.69) is 0 Å². The van der Waals surface area contributed by atoms with E-state index in [0.717, 1.165) is 4.90 Å². The Labute approximate surface area is 126 Å². The van der Waals surface area contributed by atoms with E-state index in [1.165, 1.54) is 7.11 Å². The van der Waals surface area contributed by atoms with Crippen LogP contribution in [0.1, 0.15) is 17.9 Å². The fraction of sp³-hybridized carbons (Fsp3) is 0.385. The molecule has 2 atom stereocenters. The average molecular weight is 318 g/mol. The molecule has 1 aliphatic heterocycles. The van der Waals surface area contributed by atoms with Crippen LogP contribution in [0.3, 0.4) is 0 Å². The SMILES string of the molecule is COc1ccc(Cl)c(Cl)c1[C@H]1C[C@@H](C=O)N(C(=O)O)C1. The van der Waals surface area contributed by atoms with Gasteiger partial charge >= 0.3 is 6.09 Å². The number of rotatable bonds is 3. The first-order valence-electron chi connectivity index (χ1n) is 5.96. The topological polar surface area (TPSA) is 66.8 Å². The number of halogens is 2. The van der Waals surface area contributed by atoms with Crippen LogP contribution in [0.5, 0.6) is 5.75 Å². The Morgan fingerprint density at radius 2 is 2.20 bits per heavy atom. The van der Waals surface area contributed by atoms with E-state index < -0.39 is 12.1 Å². The molecule has 108 valence electrons. The molecular weight excluding hydrogens is 305 g/mol. The van der Waals surface area contributed by atoms with Crippen LogP contribution in [0, 0.1) is 0 Å². The lowest BCUT2D eigenvalue weighted by molar-refractivity contribution is -0.111. The molecule has 1 amide bonds. The number of hydrogen-bond acceptors (Lipinski definition) is 3. The molecule has 0 bridgehead atoms. The molecule has 0 saturated carbocycles. The van der Waals surface area contributed by atoms with Crippen molar-refractivity contribution < 1.29 is 19.4 Å². The lowest BCUT2D eigenvalue weighted by atomic mass is 9.95. The summed E-state index contributed by atoms with van der Waals surface area (Å²) in [6, 6.07) is 2.63. The van der Waals surface area contributed by atoms with Gasteiger partial charge in [-0.05, 0) is 18.6 Å². The summed E-state index contributed by atoms with van der Waals surface area (Å²) < 4.78 is 5.26. The van der Waals surface area contributed by atoms with E-state index in [1.54, 1.807) is 12.1 Å². The van der Waals surface area contributed by atoms with Crippen LogP contribution in [-0.4, -0.2) is 42.1 Å². The highest BCUT2D eigenvalue weighted by atomic mass is 35.5. The summed E-state index contributed by atoms with van der Waals surface area (Å²) in [7, 11) is 1.50. The summed E-state index contributed by atoms with van der Waals surface area (Å²) in [4.78, 5) is 23.2. The van der Waals surface area contributed by atoms with Crippen molar-refractivity contribution in [2.24, 2.45) is 0 Å². The van der Waals surface area contributed by atoms with Gasteiger partial charge in [0.05, 0.1) is 23.2 Å². The highest BCUT2D eigenvalue weighted by molar-refractivity contribution is 6.42. The zero-order chi connectivity index (χ0) is 14.9. The third-order valence-electron chi connectivity index (χ3n) is 3.47. The van der Waals surface area contributed by atoms with Crippen molar-refractivity contribution in [1.82, 2.24) is 4.90 Å². The van der Waals surface area contributed by atoms with E-state index in [0.29, 0.717) is 34.1 Å².